The third kappa shape index (κ3) is 7.07. The Hall–Kier alpha value is -3.07. The van der Waals surface area contributed by atoms with Gasteiger partial charge in [-0.05, 0) is 42.2 Å². The third-order valence-corrected chi connectivity index (χ3v) is 7.09. The third-order valence-electron chi connectivity index (χ3n) is 6.11. The molecule has 2 aliphatic rings. The van der Waals surface area contributed by atoms with Gasteiger partial charge in [0.15, 0.2) is 12.4 Å². The molecule has 0 radical (unpaired) electrons. The number of ether oxygens (including phenoxy) is 3. The van der Waals surface area contributed by atoms with Gasteiger partial charge in [-0.15, -0.1) is 0 Å². The number of carboxylic acid groups (broad SMARTS) is 1. The van der Waals surface area contributed by atoms with Gasteiger partial charge in [0.2, 0.25) is 5.91 Å². The van der Waals surface area contributed by atoms with Crippen molar-refractivity contribution in [3.63, 3.8) is 0 Å². The van der Waals surface area contributed by atoms with Crippen LogP contribution in [-0.4, -0.2) is 91.7 Å². The number of aliphatic carboxylic acids is 1. The summed E-state index contributed by atoms with van der Waals surface area (Å²) in [6.07, 6.45) is -5.05. The Balaban J connectivity index is 1.17. The molecule has 2 saturated heterocycles. The lowest BCUT2D eigenvalue weighted by Gasteiger charge is -2.38. The molecule has 0 saturated carbocycles. The molecule has 2 aromatic rings. The fourth-order valence-corrected chi connectivity index (χ4v) is 4.83. The van der Waals surface area contributed by atoms with Gasteiger partial charge in [0, 0.05) is 18.3 Å². The maximum Gasteiger partial charge on any atom is 0.335 e. The molecular weight excluding hydrogens is 520 g/mol. The van der Waals surface area contributed by atoms with Crippen LogP contribution in [0.15, 0.2) is 42.6 Å². The van der Waals surface area contributed by atoms with Crippen molar-refractivity contribution < 1.29 is 49.0 Å². The zero-order chi connectivity index (χ0) is 27.2. The van der Waals surface area contributed by atoms with Gasteiger partial charge in [0.1, 0.15) is 24.1 Å². The van der Waals surface area contributed by atoms with Crippen LogP contribution in [0.25, 0.3) is 0 Å². The molecule has 1 aromatic heterocycles. The number of benzene rings is 1. The van der Waals surface area contributed by atoms with E-state index >= 15 is 0 Å². The molecule has 0 aliphatic carbocycles. The quantitative estimate of drug-likeness (QED) is 0.255. The molecule has 4 rings (SSSR count). The van der Waals surface area contributed by atoms with Crippen molar-refractivity contribution in [2.75, 3.05) is 13.2 Å². The Labute approximate surface area is 221 Å². The van der Waals surface area contributed by atoms with Crippen LogP contribution in [0.1, 0.15) is 16.8 Å². The molecule has 1 aromatic carbocycles. The number of amides is 2. The number of pyridine rings is 1. The molecular formula is C25H28N2O10S. The predicted molar refractivity (Wildman–Crippen MR) is 132 cm³/mol. The van der Waals surface area contributed by atoms with Crippen LogP contribution in [0.4, 0.5) is 4.79 Å². The number of imide groups is 1. The number of carbonyl (C=O) groups is 3. The van der Waals surface area contributed by atoms with E-state index in [0.717, 1.165) is 28.6 Å². The van der Waals surface area contributed by atoms with E-state index in [1.807, 2.05) is 36.4 Å². The standard InChI is InChI=1S/C25H28N2O10S/c28-18-19(29)21(23(32)33)37-24(20(18)30)36-9-7-14-1-4-15(26-12-14)8-10-35-16-5-2-13(3-6-16)11-17-22(31)27-25(34)38-17/h1-6,12,17-21,24,28-30H,7-11H2,(H,32,33)(H,27,31,34)/t17-,18-,19-,20-,21+,24+/m0/s1. The maximum atomic E-state index is 11.7. The Bertz CT molecular complexity index is 1130. The summed E-state index contributed by atoms with van der Waals surface area (Å²) >= 11 is 1.000. The summed E-state index contributed by atoms with van der Waals surface area (Å²) < 4.78 is 16.3. The summed E-state index contributed by atoms with van der Waals surface area (Å²) in [7, 11) is 0. The van der Waals surface area contributed by atoms with E-state index in [-0.39, 0.29) is 17.8 Å². The van der Waals surface area contributed by atoms with Gasteiger partial charge in [-0.3, -0.25) is 19.9 Å². The monoisotopic (exact) mass is 548 g/mol. The minimum Gasteiger partial charge on any atom is -0.493 e. The highest BCUT2D eigenvalue weighted by Gasteiger charge is 2.47. The first-order valence-corrected chi connectivity index (χ1v) is 12.8. The van der Waals surface area contributed by atoms with Gasteiger partial charge in [0.05, 0.1) is 18.5 Å². The number of hydrogen-bond donors (Lipinski definition) is 5. The van der Waals surface area contributed by atoms with E-state index in [4.69, 9.17) is 19.3 Å². The number of thioether (sulfide) groups is 1. The number of hydrogen-bond acceptors (Lipinski definition) is 11. The smallest absolute Gasteiger partial charge is 0.335 e. The second kappa shape index (κ2) is 12.7. The molecule has 12 nitrogen and oxygen atoms in total. The summed E-state index contributed by atoms with van der Waals surface area (Å²) in [5.74, 6) is -1.06. The van der Waals surface area contributed by atoms with Crippen LogP contribution in [0.3, 0.4) is 0 Å². The molecule has 2 aliphatic heterocycles. The van der Waals surface area contributed by atoms with Crippen molar-refractivity contribution in [2.24, 2.45) is 0 Å². The number of aromatic nitrogens is 1. The first-order valence-electron chi connectivity index (χ1n) is 11.9. The number of carboxylic acids is 1. The van der Waals surface area contributed by atoms with Crippen LogP contribution < -0.4 is 10.1 Å². The van der Waals surface area contributed by atoms with Crippen molar-refractivity contribution in [3.8, 4) is 5.75 Å². The number of aliphatic hydroxyl groups is 3. The summed E-state index contributed by atoms with van der Waals surface area (Å²) in [6.45, 7) is 0.470. The average molecular weight is 549 g/mol. The predicted octanol–water partition coefficient (Wildman–Crippen LogP) is 0.0485. The average Bonchev–Trinajstić information content (AvgIpc) is 3.21. The van der Waals surface area contributed by atoms with Gasteiger partial charge in [-0.1, -0.05) is 30.0 Å². The largest absolute Gasteiger partial charge is 0.493 e. The lowest BCUT2D eigenvalue weighted by Crippen LogP contribution is -2.60. The zero-order valence-corrected chi connectivity index (χ0v) is 21.0. The summed E-state index contributed by atoms with van der Waals surface area (Å²) in [5, 5.41) is 40.2. The minimum absolute atomic E-state index is 0.0669. The van der Waals surface area contributed by atoms with Crippen molar-refractivity contribution >= 4 is 28.9 Å². The fraction of sp³-hybridized carbons (Fsp3) is 0.440. The number of nitrogens with one attached hydrogen (secondary N) is 1. The van der Waals surface area contributed by atoms with E-state index in [0.29, 0.717) is 31.6 Å². The van der Waals surface area contributed by atoms with Crippen LogP contribution in [0, 0.1) is 0 Å². The molecule has 0 spiro atoms. The topological polar surface area (TPSA) is 185 Å². The van der Waals surface area contributed by atoms with Gasteiger partial charge in [0.25, 0.3) is 5.24 Å². The van der Waals surface area contributed by atoms with Crippen molar-refractivity contribution in [1.29, 1.82) is 0 Å². The van der Waals surface area contributed by atoms with Crippen molar-refractivity contribution in [1.82, 2.24) is 10.3 Å². The molecule has 3 heterocycles. The Morgan fingerprint density at radius 2 is 1.71 bits per heavy atom. The first-order chi connectivity index (χ1) is 18.2. The molecule has 38 heavy (non-hydrogen) atoms. The number of aliphatic hydroxyl groups excluding tert-OH is 3. The molecule has 6 atom stereocenters. The molecule has 0 unspecified atom stereocenters. The highest BCUT2D eigenvalue weighted by molar-refractivity contribution is 8.15. The van der Waals surface area contributed by atoms with E-state index in [2.05, 4.69) is 10.3 Å². The second-order valence-corrected chi connectivity index (χ2v) is 10.0. The van der Waals surface area contributed by atoms with Gasteiger partial charge >= 0.3 is 5.97 Å². The van der Waals surface area contributed by atoms with E-state index in [9.17, 15) is 29.7 Å². The normalized spacial score (nSPS) is 27.2. The van der Waals surface area contributed by atoms with Gasteiger partial charge in [-0.25, -0.2) is 4.79 Å². The Morgan fingerprint density at radius 1 is 0.974 bits per heavy atom. The summed E-state index contributed by atoms with van der Waals surface area (Å²) in [4.78, 5) is 38.5. The van der Waals surface area contributed by atoms with E-state index in [1.54, 1.807) is 6.20 Å². The Kier molecular flexibility index (Phi) is 9.31. The first kappa shape index (κ1) is 28.0. The number of nitrogens with zero attached hydrogens (tertiary/aromatic N) is 1. The SMILES string of the molecule is O=C1NC(=O)[C@H](Cc2ccc(OCCc3ccc(CCO[C@@H]4O[C@@H](C(=O)O)[C@@H](O)[C@H](O)[C@@H]4O)cn3)cc2)S1. The minimum atomic E-state index is -1.76. The number of carbonyl (C=O) groups excluding carboxylic acids is 2. The molecule has 13 heteroatoms. The van der Waals surface area contributed by atoms with Crippen LogP contribution in [0.2, 0.25) is 0 Å². The lowest BCUT2D eigenvalue weighted by atomic mass is 9.99. The van der Waals surface area contributed by atoms with Gasteiger partial charge < -0.3 is 34.6 Å². The molecule has 5 N–H and O–H groups in total. The van der Waals surface area contributed by atoms with E-state index < -0.39 is 41.9 Å². The molecule has 2 fully saturated rings. The maximum absolute atomic E-state index is 11.7. The summed E-state index contributed by atoms with van der Waals surface area (Å²) in [6, 6.07) is 11.1. The van der Waals surface area contributed by atoms with Crippen LogP contribution >= 0.6 is 11.8 Å². The molecule has 2 amide bonds. The molecule has 0 bridgehead atoms. The Morgan fingerprint density at radius 3 is 2.34 bits per heavy atom. The van der Waals surface area contributed by atoms with E-state index in [1.165, 1.54) is 0 Å². The van der Waals surface area contributed by atoms with Crippen molar-refractivity contribution in [2.45, 2.75) is 55.2 Å². The van der Waals surface area contributed by atoms with Crippen molar-refractivity contribution in [3.05, 3.63) is 59.4 Å². The fourth-order valence-electron chi connectivity index (χ4n) is 3.97. The highest BCUT2D eigenvalue weighted by Crippen LogP contribution is 2.24. The second-order valence-electron chi connectivity index (χ2n) is 8.84. The summed E-state index contributed by atoms with van der Waals surface area (Å²) in [5.41, 5.74) is 2.58. The highest BCUT2D eigenvalue weighted by atomic mass is 32.2. The number of rotatable bonds is 11. The van der Waals surface area contributed by atoms with Crippen LogP contribution in [0.5, 0.6) is 5.75 Å². The zero-order valence-electron chi connectivity index (χ0n) is 20.1. The molecule has 204 valence electrons. The van der Waals surface area contributed by atoms with Gasteiger partial charge in [-0.2, -0.15) is 0 Å². The van der Waals surface area contributed by atoms with Crippen LogP contribution in [-0.2, 0) is 38.3 Å². The lowest BCUT2D eigenvalue weighted by molar-refractivity contribution is -0.293.